The van der Waals surface area contributed by atoms with Crippen molar-refractivity contribution in [3.05, 3.63) is 12.0 Å². The van der Waals surface area contributed by atoms with Crippen molar-refractivity contribution in [2.24, 2.45) is 4.99 Å². The van der Waals surface area contributed by atoms with Crippen LogP contribution >= 0.6 is 0 Å². The Morgan fingerprint density at radius 2 is 1.77 bits per heavy atom. The van der Waals surface area contributed by atoms with Gasteiger partial charge in [-0.25, -0.2) is 4.98 Å². The van der Waals surface area contributed by atoms with Gasteiger partial charge in [-0.1, -0.05) is 0 Å². The SMILES string of the molecule is CC(=O)OC[C@H]1O[C@@H](n2cnc3c2NC=NC3(CO)CO)[C@H](OC(C)=O)[C@@H]1OC(C)=O. The van der Waals surface area contributed by atoms with Crippen LogP contribution in [0.25, 0.3) is 0 Å². The highest BCUT2D eigenvalue weighted by Gasteiger charge is 2.52. The number of carbonyl (C=O) groups is 3. The fourth-order valence-corrected chi connectivity index (χ4v) is 3.51. The molecule has 0 amide bonds. The minimum atomic E-state index is -1.37. The number of nitrogens with one attached hydrogen (secondary N) is 1. The van der Waals surface area contributed by atoms with Crippen molar-refractivity contribution in [3.63, 3.8) is 0 Å². The van der Waals surface area contributed by atoms with E-state index < -0.39 is 61.2 Å². The number of aliphatic imine (C=N–C) groups is 1. The van der Waals surface area contributed by atoms with Crippen LogP contribution in [0.3, 0.4) is 0 Å². The van der Waals surface area contributed by atoms with Gasteiger partial charge < -0.3 is 34.5 Å². The van der Waals surface area contributed by atoms with Crippen LogP contribution in [0.4, 0.5) is 5.82 Å². The third-order valence-electron chi connectivity index (χ3n) is 4.89. The second-order valence-corrected chi connectivity index (χ2v) is 7.12. The van der Waals surface area contributed by atoms with E-state index in [1.807, 2.05) is 0 Å². The maximum atomic E-state index is 11.8. The lowest BCUT2D eigenvalue weighted by molar-refractivity contribution is -0.166. The Kier molecular flexibility index (Phi) is 6.57. The van der Waals surface area contributed by atoms with Gasteiger partial charge in [-0.15, -0.1) is 0 Å². The topological polar surface area (TPSA) is 171 Å². The van der Waals surface area contributed by atoms with Gasteiger partial charge in [0, 0.05) is 20.8 Å². The van der Waals surface area contributed by atoms with E-state index in [9.17, 15) is 24.6 Å². The summed E-state index contributed by atoms with van der Waals surface area (Å²) < 4.78 is 23.2. The highest BCUT2D eigenvalue weighted by atomic mass is 16.7. The number of fused-ring (bicyclic) bond motifs is 1. The summed E-state index contributed by atoms with van der Waals surface area (Å²) >= 11 is 0. The highest BCUT2D eigenvalue weighted by Crippen LogP contribution is 2.40. The number of imidazole rings is 1. The third kappa shape index (κ3) is 4.38. The van der Waals surface area contributed by atoms with Gasteiger partial charge in [-0.05, 0) is 0 Å². The lowest BCUT2D eigenvalue weighted by atomic mass is 9.97. The van der Waals surface area contributed by atoms with Gasteiger partial charge in [0.05, 0.1) is 25.9 Å². The number of nitrogens with zero attached hydrogens (tertiary/aromatic N) is 3. The van der Waals surface area contributed by atoms with E-state index in [-0.39, 0.29) is 12.3 Å². The summed E-state index contributed by atoms with van der Waals surface area (Å²) in [4.78, 5) is 43.1. The van der Waals surface area contributed by atoms with Gasteiger partial charge in [0.15, 0.2) is 24.0 Å². The van der Waals surface area contributed by atoms with E-state index in [2.05, 4.69) is 15.3 Å². The maximum Gasteiger partial charge on any atom is 0.303 e. The Bertz CT molecular complexity index is 879. The van der Waals surface area contributed by atoms with Crippen LogP contribution in [0.2, 0.25) is 0 Å². The van der Waals surface area contributed by atoms with Crippen molar-refractivity contribution in [1.29, 1.82) is 0 Å². The average molecular weight is 440 g/mol. The Morgan fingerprint density at radius 3 is 2.35 bits per heavy atom. The van der Waals surface area contributed by atoms with Crippen LogP contribution in [0.5, 0.6) is 0 Å². The minimum Gasteiger partial charge on any atom is -0.463 e. The first-order valence-electron chi connectivity index (χ1n) is 9.45. The van der Waals surface area contributed by atoms with Crippen LogP contribution in [0, 0.1) is 0 Å². The quantitative estimate of drug-likeness (QED) is 0.345. The van der Waals surface area contributed by atoms with Gasteiger partial charge in [0.2, 0.25) is 0 Å². The summed E-state index contributed by atoms with van der Waals surface area (Å²) in [5.74, 6) is -1.52. The lowest BCUT2D eigenvalue weighted by Crippen LogP contribution is -2.41. The molecule has 31 heavy (non-hydrogen) atoms. The van der Waals surface area contributed by atoms with Crippen molar-refractivity contribution in [3.8, 4) is 0 Å². The Balaban J connectivity index is 2.01. The molecule has 2 aliphatic heterocycles. The van der Waals surface area contributed by atoms with Crippen LogP contribution in [0.15, 0.2) is 11.3 Å². The number of ether oxygens (including phenoxy) is 4. The molecule has 0 spiro atoms. The van der Waals surface area contributed by atoms with Crippen molar-refractivity contribution >= 4 is 30.1 Å². The molecule has 0 radical (unpaired) electrons. The van der Waals surface area contributed by atoms with Gasteiger partial charge in [-0.2, -0.15) is 0 Å². The monoisotopic (exact) mass is 440 g/mol. The molecule has 1 aromatic rings. The van der Waals surface area contributed by atoms with Gasteiger partial charge >= 0.3 is 17.9 Å². The Labute approximate surface area is 177 Å². The molecule has 3 rings (SSSR count). The molecule has 3 heterocycles. The summed E-state index contributed by atoms with van der Waals surface area (Å²) in [6.07, 6.45) is -1.48. The molecule has 3 N–H and O–H groups in total. The Hall–Kier alpha value is -3.03. The van der Waals surface area contributed by atoms with Crippen molar-refractivity contribution in [2.75, 3.05) is 25.1 Å². The molecule has 1 saturated heterocycles. The fraction of sp³-hybridized carbons (Fsp3) is 0.611. The summed E-state index contributed by atoms with van der Waals surface area (Å²) in [5.41, 5.74) is -1.12. The molecule has 2 aliphatic rings. The Morgan fingerprint density at radius 1 is 1.13 bits per heavy atom. The van der Waals surface area contributed by atoms with E-state index in [0.29, 0.717) is 5.82 Å². The smallest absolute Gasteiger partial charge is 0.303 e. The molecule has 0 saturated carbocycles. The number of carbonyl (C=O) groups excluding carboxylic acids is 3. The minimum absolute atomic E-state index is 0.245. The molecule has 1 fully saturated rings. The van der Waals surface area contributed by atoms with Crippen LogP contribution in [-0.4, -0.2) is 82.1 Å². The third-order valence-corrected chi connectivity index (χ3v) is 4.89. The van der Waals surface area contributed by atoms with Crippen LogP contribution in [-0.2, 0) is 38.9 Å². The van der Waals surface area contributed by atoms with E-state index in [1.165, 1.54) is 38.0 Å². The van der Waals surface area contributed by atoms with E-state index >= 15 is 0 Å². The molecule has 13 heteroatoms. The molecule has 13 nitrogen and oxygen atoms in total. The summed E-state index contributed by atoms with van der Waals surface area (Å²) in [6, 6.07) is 0. The summed E-state index contributed by atoms with van der Waals surface area (Å²) in [6.45, 7) is 2.35. The zero-order valence-electron chi connectivity index (χ0n) is 17.2. The number of hydrogen-bond donors (Lipinski definition) is 3. The number of hydrogen-bond acceptors (Lipinski definition) is 12. The second-order valence-electron chi connectivity index (χ2n) is 7.12. The van der Waals surface area contributed by atoms with Gasteiger partial charge in [-0.3, -0.25) is 23.9 Å². The van der Waals surface area contributed by atoms with Crippen LogP contribution < -0.4 is 5.32 Å². The first-order valence-corrected chi connectivity index (χ1v) is 9.45. The normalized spacial score (nSPS) is 26.0. The zero-order valence-corrected chi connectivity index (χ0v) is 17.2. The molecule has 4 atom stereocenters. The predicted octanol–water partition coefficient (Wildman–Crippen LogP) is -1.16. The number of anilines is 1. The second kappa shape index (κ2) is 8.99. The fourth-order valence-electron chi connectivity index (χ4n) is 3.51. The molecule has 0 unspecified atom stereocenters. The van der Waals surface area contributed by atoms with Crippen molar-refractivity contribution < 1.29 is 43.5 Å². The van der Waals surface area contributed by atoms with Crippen molar-refractivity contribution in [2.45, 2.75) is 50.8 Å². The van der Waals surface area contributed by atoms with E-state index in [4.69, 9.17) is 18.9 Å². The molecule has 0 bridgehead atoms. The summed E-state index contributed by atoms with van der Waals surface area (Å²) in [5, 5.41) is 22.4. The maximum absolute atomic E-state index is 11.8. The first-order chi connectivity index (χ1) is 14.7. The highest BCUT2D eigenvalue weighted by molar-refractivity contribution is 5.79. The largest absolute Gasteiger partial charge is 0.463 e. The van der Waals surface area contributed by atoms with E-state index in [0.717, 1.165) is 0 Å². The number of aliphatic hydroxyl groups excluding tert-OH is 2. The molecule has 1 aromatic heterocycles. The molecular weight excluding hydrogens is 416 g/mol. The first kappa shape index (κ1) is 22.7. The standard InChI is InChI=1S/C18H24N4O9/c1-9(25)28-4-12-13(29-10(2)26)14(30-11(3)27)17(31-12)22-8-20-15-16(22)19-7-21-18(15,5-23)6-24/h7-8,12-14,17,23-24H,4-6H2,1-3H3,(H,19,21)/t12-,13-,14-,17-/m1/s1. The number of rotatable bonds is 7. The predicted molar refractivity (Wildman–Crippen MR) is 102 cm³/mol. The summed E-state index contributed by atoms with van der Waals surface area (Å²) in [7, 11) is 0. The lowest BCUT2D eigenvalue weighted by Gasteiger charge is -2.29. The van der Waals surface area contributed by atoms with E-state index in [1.54, 1.807) is 0 Å². The number of esters is 3. The van der Waals surface area contributed by atoms with Crippen molar-refractivity contribution in [1.82, 2.24) is 9.55 Å². The molecular formula is C18H24N4O9. The van der Waals surface area contributed by atoms with Crippen LogP contribution in [0.1, 0.15) is 32.7 Å². The zero-order chi connectivity index (χ0) is 22.8. The van der Waals surface area contributed by atoms with Gasteiger partial charge in [0.1, 0.15) is 24.2 Å². The molecule has 170 valence electrons. The van der Waals surface area contributed by atoms with Gasteiger partial charge in [0.25, 0.3) is 0 Å². The average Bonchev–Trinajstić information content (AvgIpc) is 3.28. The number of aromatic nitrogens is 2. The number of aliphatic hydroxyl groups is 2. The molecule has 0 aliphatic carbocycles. The molecule has 0 aromatic carbocycles.